The van der Waals surface area contributed by atoms with Gasteiger partial charge in [-0.3, -0.25) is 0 Å². The van der Waals surface area contributed by atoms with Crippen molar-refractivity contribution < 1.29 is 27.9 Å². The van der Waals surface area contributed by atoms with Crippen molar-refractivity contribution in [1.29, 1.82) is 0 Å². The summed E-state index contributed by atoms with van der Waals surface area (Å²) in [6, 6.07) is 6.11. The number of hydrogen-bond donors (Lipinski definition) is 1. The van der Waals surface area contributed by atoms with Gasteiger partial charge < -0.3 is 9.94 Å². The quantitative estimate of drug-likeness (QED) is 0.519. The standard InChI is InChI=1S/C18H11Cl2F3N4O3.C2H6/c1-27-24-14-11(2-3-12(16(28)29)15(14)25-27)13-7-17(30-26-13,18(21,22)23)8-4-9(19)6-10(20)5-8;1-2/h2-6H,7H2,1H3,(H,28,29);1-2H3. The van der Waals surface area contributed by atoms with Crippen LogP contribution in [0.1, 0.15) is 41.8 Å². The van der Waals surface area contributed by atoms with Gasteiger partial charge in [-0.05, 0) is 30.3 Å². The van der Waals surface area contributed by atoms with Gasteiger partial charge in [0.05, 0.1) is 17.7 Å². The number of aryl methyl sites for hydroxylation is 1. The number of nitrogens with zero attached hydrogens (tertiary/aromatic N) is 4. The number of benzene rings is 2. The normalized spacial score (nSPS) is 18.1. The molecule has 1 aromatic heterocycles. The summed E-state index contributed by atoms with van der Waals surface area (Å²) in [5.41, 5.74) is -3.00. The van der Waals surface area contributed by atoms with Crippen molar-refractivity contribution in [1.82, 2.24) is 15.0 Å². The summed E-state index contributed by atoms with van der Waals surface area (Å²) in [7, 11) is 1.47. The van der Waals surface area contributed by atoms with Crippen LogP contribution in [0.4, 0.5) is 13.2 Å². The van der Waals surface area contributed by atoms with Crippen LogP contribution in [0.25, 0.3) is 11.0 Å². The van der Waals surface area contributed by atoms with E-state index in [4.69, 9.17) is 28.0 Å². The predicted octanol–water partition coefficient (Wildman–Crippen LogP) is 5.58. The number of carboxylic acid groups (broad SMARTS) is 1. The Morgan fingerprint density at radius 1 is 1.12 bits per heavy atom. The second-order valence-electron chi connectivity index (χ2n) is 6.64. The Morgan fingerprint density at radius 2 is 1.72 bits per heavy atom. The minimum atomic E-state index is -4.85. The lowest BCUT2D eigenvalue weighted by molar-refractivity contribution is -0.275. The van der Waals surface area contributed by atoms with E-state index in [2.05, 4.69) is 15.4 Å². The van der Waals surface area contributed by atoms with Crippen LogP contribution in [0.15, 0.2) is 35.5 Å². The van der Waals surface area contributed by atoms with Crippen molar-refractivity contribution in [2.24, 2.45) is 12.2 Å². The van der Waals surface area contributed by atoms with E-state index < -0.39 is 24.2 Å². The minimum absolute atomic E-state index is 0.0142. The second-order valence-corrected chi connectivity index (χ2v) is 7.51. The molecule has 12 heteroatoms. The number of carbonyl (C=O) groups is 1. The Balaban J connectivity index is 0.00000141. The number of fused-ring (bicyclic) bond motifs is 1. The van der Waals surface area contributed by atoms with E-state index >= 15 is 0 Å². The molecule has 0 amide bonds. The SMILES string of the molecule is CC.Cn1nc2c(C(=O)O)ccc(C3=NOC(c4cc(Cl)cc(Cl)c4)(C(F)(F)F)C3)c2n1. The molecule has 170 valence electrons. The lowest BCUT2D eigenvalue weighted by atomic mass is 9.86. The Bertz CT molecular complexity index is 1210. The van der Waals surface area contributed by atoms with E-state index in [1.54, 1.807) is 0 Å². The zero-order valence-corrected chi connectivity index (χ0v) is 18.5. The highest BCUT2D eigenvalue weighted by Gasteiger charge is 2.62. The number of hydrogen-bond acceptors (Lipinski definition) is 5. The van der Waals surface area contributed by atoms with Gasteiger partial charge in [-0.1, -0.05) is 42.2 Å². The maximum Gasteiger partial charge on any atom is 0.435 e. The van der Waals surface area contributed by atoms with Gasteiger partial charge in [0, 0.05) is 28.2 Å². The smallest absolute Gasteiger partial charge is 0.435 e. The van der Waals surface area contributed by atoms with Gasteiger partial charge in [0.1, 0.15) is 11.0 Å². The molecule has 2 aromatic carbocycles. The van der Waals surface area contributed by atoms with E-state index in [1.165, 1.54) is 25.2 Å². The van der Waals surface area contributed by atoms with E-state index in [0.29, 0.717) is 0 Å². The first-order chi connectivity index (χ1) is 15.0. The molecule has 0 bridgehead atoms. The number of carboxylic acids is 1. The predicted molar refractivity (Wildman–Crippen MR) is 113 cm³/mol. The summed E-state index contributed by atoms with van der Waals surface area (Å²) < 4.78 is 42.4. The zero-order valence-electron chi connectivity index (χ0n) is 17.0. The van der Waals surface area contributed by atoms with Gasteiger partial charge in [-0.25, -0.2) is 4.79 Å². The highest BCUT2D eigenvalue weighted by molar-refractivity contribution is 6.34. The van der Waals surface area contributed by atoms with Crippen molar-refractivity contribution in [2.45, 2.75) is 32.0 Å². The average molecular weight is 489 g/mol. The second kappa shape index (κ2) is 8.59. The summed E-state index contributed by atoms with van der Waals surface area (Å²) in [6.45, 7) is 4.00. The molecule has 0 saturated carbocycles. The Kier molecular flexibility index (Phi) is 6.39. The molecule has 0 saturated heterocycles. The zero-order chi connectivity index (χ0) is 23.8. The maximum absolute atomic E-state index is 14.1. The van der Waals surface area contributed by atoms with Gasteiger partial charge in [-0.15, -0.1) is 0 Å². The van der Waals surface area contributed by atoms with Crippen molar-refractivity contribution >= 4 is 45.9 Å². The molecule has 0 aliphatic carbocycles. The molecule has 0 spiro atoms. The molecule has 1 aliphatic heterocycles. The number of oxime groups is 1. The molecule has 7 nitrogen and oxygen atoms in total. The molecular formula is C20H17Cl2F3N4O3. The third kappa shape index (κ3) is 4.00. The maximum atomic E-state index is 14.1. The lowest BCUT2D eigenvalue weighted by Crippen LogP contribution is -2.42. The molecule has 1 aliphatic rings. The topological polar surface area (TPSA) is 89.6 Å². The Labute approximate surface area is 190 Å². The van der Waals surface area contributed by atoms with Crippen LogP contribution >= 0.6 is 23.2 Å². The Hall–Kier alpha value is -2.85. The summed E-state index contributed by atoms with van der Waals surface area (Å²) in [6.07, 6.45) is -5.54. The van der Waals surface area contributed by atoms with Crippen LogP contribution in [0.2, 0.25) is 10.0 Å². The van der Waals surface area contributed by atoms with Gasteiger partial charge in [0.15, 0.2) is 0 Å². The molecule has 1 N–H and O–H groups in total. The Morgan fingerprint density at radius 3 is 2.28 bits per heavy atom. The molecule has 2 heterocycles. The fourth-order valence-corrected chi connectivity index (χ4v) is 3.86. The van der Waals surface area contributed by atoms with Crippen molar-refractivity contribution in [3.8, 4) is 0 Å². The summed E-state index contributed by atoms with van der Waals surface area (Å²) in [4.78, 5) is 17.5. The van der Waals surface area contributed by atoms with Crippen molar-refractivity contribution in [2.75, 3.05) is 0 Å². The highest BCUT2D eigenvalue weighted by Crippen LogP contribution is 2.50. The van der Waals surface area contributed by atoms with Crippen LogP contribution < -0.4 is 0 Å². The third-order valence-electron chi connectivity index (χ3n) is 4.70. The third-order valence-corrected chi connectivity index (χ3v) is 5.13. The molecule has 3 aromatic rings. The monoisotopic (exact) mass is 488 g/mol. The van der Waals surface area contributed by atoms with Crippen molar-refractivity contribution in [3.63, 3.8) is 0 Å². The van der Waals surface area contributed by atoms with Crippen LogP contribution in [-0.2, 0) is 17.5 Å². The van der Waals surface area contributed by atoms with E-state index in [1.807, 2.05) is 13.8 Å². The molecule has 1 atom stereocenters. The number of rotatable bonds is 3. The number of halogens is 5. The van der Waals surface area contributed by atoms with Crippen LogP contribution in [0.3, 0.4) is 0 Å². The van der Waals surface area contributed by atoms with Crippen LogP contribution in [0, 0.1) is 0 Å². The number of aromatic carboxylic acids is 1. The molecule has 4 rings (SSSR count). The van der Waals surface area contributed by atoms with Gasteiger partial charge in [0.2, 0.25) is 0 Å². The van der Waals surface area contributed by atoms with Gasteiger partial charge in [0.25, 0.3) is 5.60 Å². The number of alkyl halides is 3. The first kappa shape index (κ1) is 23.8. The van der Waals surface area contributed by atoms with Gasteiger partial charge in [-0.2, -0.15) is 28.2 Å². The summed E-state index contributed by atoms with van der Waals surface area (Å²) in [5.74, 6) is -1.24. The average Bonchev–Trinajstić information content (AvgIpc) is 3.32. The highest BCUT2D eigenvalue weighted by atomic mass is 35.5. The summed E-state index contributed by atoms with van der Waals surface area (Å²) in [5, 5.41) is 21.1. The molecule has 0 radical (unpaired) electrons. The first-order valence-corrected chi connectivity index (χ1v) is 10.1. The molecule has 1 unspecified atom stereocenters. The van der Waals surface area contributed by atoms with E-state index in [9.17, 15) is 23.1 Å². The molecule has 0 fully saturated rings. The minimum Gasteiger partial charge on any atom is -0.478 e. The van der Waals surface area contributed by atoms with Crippen LogP contribution in [-0.4, -0.2) is 38.0 Å². The van der Waals surface area contributed by atoms with E-state index in [0.717, 1.165) is 16.9 Å². The largest absolute Gasteiger partial charge is 0.478 e. The van der Waals surface area contributed by atoms with Crippen molar-refractivity contribution in [3.05, 3.63) is 57.1 Å². The fraction of sp³-hybridized carbons (Fsp3) is 0.300. The molecular weight excluding hydrogens is 472 g/mol. The summed E-state index contributed by atoms with van der Waals surface area (Å²) >= 11 is 11.8. The van der Waals surface area contributed by atoms with Gasteiger partial charge >= 0.3 is 12.1 Å². The van der Waals surface area contributed by atoms with E-state index in [-0.39, 0.29) is 43.5 Å². The number of aromatic nitrogens is 3. The first-order valence-electron chi connectivity index (χ1n) is 9.38. The molecule has 32 heavy (non-hydrogen) atoms. The lowest BCUT2D eigenvalue weighted by Gasteiger charge is -2.29. The fourth-order valence-electron chi connectivity index (χ4n) is 3.33. The van der Waals surface area contributed by atoms with Crippen LogP contribution in [0.5, 0.6) is 0 Å².